The lowest BCUT2D eigenvalue weighted by Crippen LogP contribution is -2.45. The van der Waals surface area contributed by atoms with Crippen molar-refractivity contribution in [2.24, 2.45) is 5.28 Å². The maximum absolute atomic E-state index is 12.0. The summed E-state index contributed by atoms with van der Waals surface area (Å²) in [5.41, 5.74) is -0.873. The number of ether oxygens (including phenoxy) is 1. The summed E-state index contributed by atoms with van der Waals surface area (Å²) in [7, 11) is 0. The molecular formula is C15H30N4O4. The van der Waals surface area contributed by atoms with Crippen LogP contribution in [0.25, 0.3) is 0 Å². The smallest absolute Gasteiger partial charge is 0.410 e. The van der Waals surface area contributed by atoms with Gasteiger partial charge in [0.25, 0.3) is 0 Å². The van der Waals surface area contributed by atoms with Crippen LogP contribution in [0.15, 0.2) is 5.28 Å². The summed E-state index contributed by atoms with van der Waals surface area (Å²) >= 11 is 0. The summed E-state index contributed by atoms with van der Waals surface area (Å²) in [4.78, 5) is 19.3. The highest BCUT2D eigenvalue weighted by atomic mass is 16.7. The predicted octanol–water partition coefficient (Wildman–Crippen LogP) is 2.93. The molecule has 0 N–H and O–H groups in total. The summed E-state index contributed by atoms with van der Waals surface area (Å²) in [5.74, 6) is 0. The monoisotopic (exact) mass is 330 g/mol. The largest absolute Gasteiger partial charge is 0.569 e. The van der Waals surface area contributed by atoms with Crippen LogP contribution in [-0.4, -0.2) is 57.8 Å². The highest BCUT2D eigenvalue weighted by molar-refractivity contribution is 5.68. The van der Waals surface area contributed by atoms with Gasteiger partial charge in [0, 0.05) is 13.0 Å². The van der Waals surface area contributed by atoms with Crippen LogP contribution in [0.1, 0.15) is 54.9 Å². The van der Waals surface area contributed by atoms with Crippen LogP contribution in [0.5, 0.6) is 0 Å². The van der Waals surface area contributed by atoms with E-state index >= 15 is 0 Å². The fourth-order valence-corrected chi connectivity index (χ4v) is 2.31. The number of nitrogens with zero attached hydrogens (tertiary/aromatic N) is 4. The summed E-state index contributed by atoms with van der Waals surface area (Å²) in [6.07, 6.45) is -0.0387. The zero-order valence-electron chi connectivity index (χ0n) is 15.3. The van der Waals surface area contributed by atoms with Gasteiger partial charge in [0.05, 0.1) is 23.6 Å². The molecule has 0 aliphatic carbocycles. The Balaban J connectivity index is 2.55. The van der Waals surface area contributed by atoms with Crippen molar-refractivity contribution in [3.05, 3.63) is 5.21 Å². The Morgan fingerprint density at radius 3 is 2.43 bits per heavy atom. The number of hydrogen-bond acceptors (Lipinski definition) is 5. The number of amides is 1. The Morgan fingerprint density at radius 1 is 1.35 bits per heavy atom. The van der Waals surface area contributed by atoms with Gasteiger partial charge in [0.2, 0.25) is 5.28 Å². The van der Waals surface area contributed by atoms with Crippen LogP contribution in [0.3, 0.4) is 0 Å². The van der Waals surface area contributed by atoms with Gasteiger partial charge >= 0.3 is 6.09 Å². The first-order chi connectivity index (χ1) is 10.4. The molecule has 0 aromatic carbocycles. The van der Waals surface area contributed by atoms with Gasteiger partial charge in [-0.3, -0.25) is 0 Å². The lowest BCUT2D eigenvalue weighted by atomic mass is 10.1. The quantitative estimate of drug-likeness (QED) is 0.450. The minimum atomic E-state index is -0.527. The fraction of sp³-hybridized carbons (Fsp3) is 0.933. The SMILES string of the molecule is CCN(/[N+]([O-])=N\O[C@@H]1CCN(C(=O)OC(C)(C)C)C1)C(C)(C)C. The normalized spacial score (nSPS) is 19.7. The van der Waals surface area contributed by atoms with E-state index in [0.717, 1.165) is 0 Å². The standard InChI is InChI=1S/C15H30N4O4/c1-8-18(14(2,3)4)19(21)16-23-12-9-10-17(11-12)13(20)22-15(5,6)7/h12H,8-11H2,1-7H3/b19-16+/t12-/m1/s1. The topological polar surface area (TPSA) is 80.4 Å². The van der Waals surface area contributed by atoms with Gasteiger partial charge in [-0.25, -0.2) is 4.79 Å². The van der Waals surface area contributed by atoms with E-state index in [2.05, 4.69) is 5.28 Å². The number of rotatable bonds is 4. The maximum atomic E-state index is 12.0. The van der Waals surface area contributed by atoms with Crippen LogP contribution in [0, 0.1) is 5.21 Å². The van der Waals surface area contributed by atoms with Gasteiger partial charge in [-0.05, 0) is 48.5 Å². The molecular weight excluding hydrogens is 300 g/mol. The highest BCUT2D eigenvalue weighted by Crippen LogP contribution is 2.18. The molecule has 0 radical (unpaired) electrons. The van der Waals surface area contributed by atoms with Crippen molar-refractivity contribution in [3.63, 3.8) is 0 Å². The van der Waals surface area contributed by atoms with Crippen LogP contribution in [0.4, 0.5) is 4.79 Å². The van der Waals surface area contributed by atoms with Gasteiger partial charge in [-0.1, -0.05) is 0 Å². The lowest BCUT2D eigenvalue weighted by Gasteiger charge is -2.29. The molecule has 8 nitrogen and oxygen atoms in total. The molecule has 23 heavy (non-hydrogen) atoms. The molecule has 1 fully saturated rings. The van der Waals surface area contributed by atoms with E-state index in [0.29, 0.717) is 31.0 Å². The van der Waals surface area contributed by atoms with Crippen molar-refractivity contribution in [2.75, 3.05) is 19.6 Å². The third-order valence-electron chi connectivity index (χ3n) is 3.34. The summed E-state index contributed by atoms with van der Waals surface area (Å²) in [5, 5.41) is 17.2. The van der Waals surface area contributed by atoms with E-state index in [9.17, 15) is 10.0 Å². The van der Waals surface area contributed by atoms with Crippen molar-refractivity contribution < 1.29 is 19.3 Å². The van der Waals surface area contributed by atoms with E-state index in [1.807, 2.05) is 48.5 Å². The van der Waals surface area contributed by atoms with Gasteiger partial charge in [-0.15, -0.1) is 5.01 Å². The Labute approximate surface area is 138 Å². The molecule has 1 atom stereocenters. The van der Waals surface area contributed by atoms with Gasteiger partial charge in [0.15, 0.2) is 6.10 Å². The van der Waals surface area contributed by atoms with Crippen molar-refractivity contribution in [1.82, 2.24) is 9.91 Å². The molecule has 0 bridgehead atoms. The van der Waals surface area contributed by atoms with Gasteiger partial charge < -0.3 is 19.7 Å². The fourth-order valence-electron chi connectivity index (χ4n) is 2.31. The molecule has 1 aliphatic heterocycles. The molecule has 0 spiro atoms. The second-order valence-electron chi connectivity index (χ2n) is 7.66. The second-order valence-corrected chi connectivity index (χ2v) is 7.66. The Morgan fingerprint density at radius 2 is 1.96 bits per heavy atom. The molecule has 1 amide bonds. The number of likely N-dealkylation sites (tertiary alicyclic amines) is 1. The van der Waals surface area contributed by atoms with Crippen LogP contribution in [0.2, 0.25) is 0 Å². The first-order valence-corrected chi connectivity index (χ1v) is 8.03. The van der Waals surface area contributed by atoms with Crippen LogP contribution >= 0.6 is 0 Å². The van der Waals surface area contributed by atoms with E-state index < -0.39 is 5.60 Å². The first-order valence-electron chi connectivity index (χ1n) is 8.03. The third-order valence-corrected chi connectivity index (χ3v) is 3.34. The molecule has 1 aliphatic rings. The molecule has 134 valence electrons. The van der Waals surface area contributed by atoms with Crippen LogP contribution in [-0.2, 0) is 9.57 Å². The Bertz CT molecular complexity index is 440. The van der Waals surface area contributed by atoms with E-state index in [-0.39, 0.29) is 17.7 Å². The molecule has 1 saturated heterocycles. The van der Waals surface area contributed by atoms with Crippen molar-refractivity contribution >= 4 is 6.09 Å². The predicted molar refractivity (Wildman–Crippen MR) is 85.5 cm³/mol. The van der Waals surface area contributed by atoms with Gasteiger partial charge in [-0.2, -0.15) is 0 Å². The summed E-state index contributed by atoms with van der Waals surface area (Å²) in [6, 6.07) is 0. The average Bonchev–Trinajstić information content (AvgIpc) is 2.82. The minimum absolute atomic E-state index is 0.294. The van der Waals surface area contributed by atoms with Crippen molar-refractivity contribution in [3.8, 4) is 0 Å². The molecule has 1 rings (SSSR count). The van der Waals surface area contributed by atoms with E-state index in [1.165, 1.54) is 0 Å². The number of carbonyl (C=O) groups excluding carboxylic acids is 1. The molecule has 8 heteroatoms. The average molecular weight is 330 g/mol. The van der Waals surface area contributed by atoms with Crippen LogP contribution < -0.4 is 0 Å². The zero-order chi connectivity index (χ0) is 17.8. The van der Waals surface area contributed by atoms with E-state index in [1.54, 1.807) is 9.91 Å². The highest BCUT2D eigenvalue weighted by Gasteiger charge is 2.32. The zero-order valence-corrected chi connectivity index (χ0v) is 15.3. The third kappa shape index (κ3) is 6.11. The summed E-state index contributed by atoms with van der Waals surface area (Å²) < 4.78 is 5.32. The van der Waals surface area contributed by atoms with E-state index in [4.69, 9.17) is 9.57 Å². The Hall–Kier alpha value is -1.73. The minimum Gasteiger partial charge on any atom is -0.569 e. The second kappa shape index (κ2) is 7.23. The molecule has 1 heterocycles. The Kier molecular flexibility index (Phi) is 6.07. The lowest BCUT2D eigenvalue weighted by molar-refractivity contribution is -0.725. The number of hydrazine groups is 1. The molecule has 0 aromatic rings. The number of hydrogen-bond donors (Lipinski definition) is 0. The molecule has 0 unspecified atom stereocenters. The van der Waals surface area contributed by atoms with Crippen molar-refractivity contribution in [1.29, 1.82) is 0 Å². The molecule has 0 aromatic heterocycles. The maximum Gasteiger partial charge on any atom is 0.410 e. The number of carbonyl (C=O) groups is 1. The molecule has 0 saturated carbocycles. The first kappa shape index (κ1) is 19.3. The summed E-state index contributed by atoms with van der Waals surface area (Å²) in [6.45, 7) is 14.6. The van der Waals surface area contributed by atoms with Crippen molar-refractivity contribution in [2.45, 2.75) is 72.1 Å². The van der Waals surface area contributed by atoms with Gasteiger partial charge in [0.1, 0.15) is 5.60 Å².